The van der Waals surface area contributed by atoms with E-state index >= 15 is 0 Å². The molecular formula is C12H21N3. The highest BCUT2D eigenvalue weighted by atomic mass is 15.3. The average molecular weight is 207 g/mol. The minimum absolute atomic E-state index is 0.281. The fourth-order valence-electron chi connectivity index (χ4n) is 2.50. The van der Waals surface area contributed by atoms with Crippen molar-refractivity contribution in [3.63, 3.8) is 0 Å². The van der Waals surface area contributed by atoms with Crippen LogP contribution in [-0.4, -0.2) is 15.8 Å². The maximum atomic E-state index is 6.25. The first-order valence-corrected chi connectivity index (χ1v) is 6.01. The third-order valence-electron chi connectivity index (χ3n) is 3.57. The molecule has 1 aliphatic rings. The summed E-state index contributed by atoms with van der Waals surface area (Å²) in [5, 5.41) is 4.29. The molecule has 1 saturated carbocycles. The van der Waals surface area contributed by atoms with Crippen LogP contribution < -0.4 is 5.73 Å². The molecule has 1 atom stereocenters. The van der Waals surface area contributed by atoms with Gasteiger partial charge in [0.15, 0.2) is 0 Å². The van der Waals surface area contributed by atoms with E-state index in [0.29, 0.717) is 5.92 Å². The second-order valence-electron chi connectivity index (χ2n) is 4.72. The summed E-state index contributed by atoms with van der Waals surface area (Å²) in [5.41, 5.74) is 7.46. The van der Waals surface area contributed by atoms with E-state index in [2.05, 4.69) is 12.0 Å². The lowest BCUT2D eigenvalue weighted by atomic mass is 9.84. The van der Waals surface area contributed by atoms with E-state index in [1.807, 2.05) is 16.9 Å². The highest BCUT2D eigenvalue weighted by Crippen LogP contribution is 2.26. The molecule has 84 valence electrons. The molecular weight excluding hydrogens is 186 g/mol. The van der Waals surface area contributed by atoms with E-state index in [1.54, 1.807) is 0 Å². The Kier molecular flexibility index (Phi) is 3.41. The Balaban J connectivity index is 1.91. The van der Waals surface area contributed by atoms with Crippen molar-refractivity contribution in [3.8, 4) is 0 Å². The predicted molar refractivity (Wildman–Crippen MR) is 61.5 cm³/mol. The molecule has 1 aromatic heterocycles. The van der Waals surface area contributed by atoms with Gasteiger partial charge in [0, 0.05) is 17.9 Å². The lowest BCUT2D eigenvalue weighted by molar-refractivity contribution is 0.278. The summed E-state index contributed by atoms with van der Waals surface area (Å²) in [4.78, 5) is 0. The van der Waals surface area contributed by atoms with Crippen molar-refractivity contribution in [1.29, 1.82) is 0 Å². The normalized spacial score (nSPS) is 20.4. The molecule has 3 nitrogen and oxygen atoms in total. The first-order valence-electron chi connectivity index (χ1n) is 6.01. The zero-order valence-electron chi connectivity index (χ0n) is 9.52. The van der Waals surface area contributed by atoms with Gasteiger partial charge in [0.2, 0.25) is 0 Å². The van der Waals surface area contributed by atoms with E-state index in [4.69, 9.17) is 5.73 Å². The van der Waals surface area contributed by atoms with Gasteiger partial charge in [-0.25, -0.2) is 0 Å². The number of hydrogen-bond donors (Lipinski definition) is 1. The smallest absolute Gasteiger partial charge is 0.0566 e. The molecule has 1 unspecified atom stereocenters. The number of aryl methyl sites for hydroxylation is 1. The number of aromatic nitrogens is 2. The number of rotatable bonds is 3. The van der Waals surface area contributed by atoms with E-state index in [0.717, 1.165) is 6.54 Å². The Morgan fingerprint density at radius 1 is 1.47 bits per heavy atom. The molecule has 0 aromatic carbocycles. The summed E-state index contributed by atoms with van der Waals surface area (Å²) >= 11 is 0. The van der Waals surface area contributed by atoms with Gasteiger partial charge in [-0.1, -0.05) is 19.3 Å². The van der Waals surface area contributed by atoms with Crippen molar-refractivity contribution in [2.45, 2.75) is 51.6 Å². The zero-order chi connectivity index (χ0) is 10.7. The van der Waals surface area contributed by atoms with Crippen molar-refractivity contribution < 1.29 is 0 Å². The second kappa shape index (κ2) is 4.79. The number of nitrogens with zero attached hydrogens (tertiary/aromatic N) is 2. The quantitative estimate of drug-likeness (QED) is 0.825. The highest BCUT2D eigenvalue weighted by molar-refractivity contribution is 4.97. The fourth-order valence-corrected chi connectivity index (χ4v) is 2.50. The van der Waals surface area contributed by atoms with Gasteiger partial charge in [-0.15, -0.1) is 0 Å². The summed E-state index contributed by atoms with van der Waals surface area (Å²) in [6.07, 6.45) is 8.57. The summed E-state index contributed by atoms with van der Waals surface area (Å²) in [7, 11) is 0. The lowest BCUT2D eigenvalue weighted by Crippen LogP contribution is -2.36. The van der Waals surface area contributed by atoms with Gasteiger partial charge < -0.3 is 5.73 Å². The molecule has 1 heterocycles. The Morgan fingerprint density at radius 3 is 2.80 bits per heavy atom. The Bertz CT molecular complexity index is 300. The van der Waals surface area contributed by atoms with Gasteiger partial charge in [-0.3, -0.25) is 4.68 Å². The van der Waals surface area contributed by atoms with Crippen LogP contribution in [0.3, 0.4) is 0 Å². The maximum Gasteiger partial charge on any atom is 0.0566 e. The largest absolute Gasteiger partial charge is 0.326 e. The molecule has 15 heavy (non-hydrogen) atoms. The molecule has 1 fully saturated rings. The van der Waals surface area contributed by atoms with Crippen molar-refractivity contribution >= 4 is 0 Å². The third kappa shape index (κ3) is 2.59. The fraction of sp³-hybridized carbons (Fsp3) is 0.750. The van der Waals surface area contributed by atoms with Crippen LogP contribution in [0.1, 0.15) is 37.8 Å². The molecule has 0 aliphatic heterocycles. The van der Waals surface area contributed by atoms with Crippen LogP contribution in [0.4, 0.5) is 0 Å². The minimum atomic E-state index is 0.281. The van der Waals surface area contributed by atoms with Crippen molar-refractivity contribution in [2.75, 3.05) is 0 Å². The SMILES string of the molecule is Cc1ccnn1CC(N)C1CCCCC1. The summed E-state index contributed by atoms with van der Waals surface area (Å²) in [6, 6.07) is 2.32. The first-order chi connectivity index (χ1) is 7.27. The second-order valence-corrected chi connectivity index (χ2v) is 4.72. The van der Waals surface area contributed by atoms with Crippen LogP contribution in [0.5, 0.6) is 0 Å². The van der Waals surface area contributed by atoms with Gasteiger partial charge in [0.1, 0.15) is 0 Å². The van der Waals surface area contributed by atoms with E-state index in [1.165, 1.54) is 37.8 Å². The number of nitrogens with two attached hydrogens (primary N) is 1. The standard InChI is InChI=1S/C12H21N3/c1-10-7-8-14-15(10)9-12(13)11-5-3-2-4-6-11/h7-8,11-12H,2-6,9,13H2,1H3. The molecule has 0 bridgehead atoms. The predicted octanol–water partition coefficient (Wildman–Crippen LogP) is 2.10. The van der Waals surface area contributed by atoms with Crippen LogP contribution in [0, 0.1) is 12.8 Å². The van der Waals surface area contributed by atoms with Gasteiger partial charge in [-0.05, 0) is 31.7 Å². The van der Waals surface area contributed by atoms with E-state index in [9.17, 15) is 0 Å². The van der Waals surface area contributed by atoms with E-state index in [-0.39, 0.29) is 6.04 Å². The van der Waals surface area contributed by atoms with Gasteiger partial charge in [-0.2, -0.15) is 5.10 Å². The van der Waals surface area contributed by atoms with E-state index < -0.39 is 0 Å². The zero-order valence-corrected chi connectivity index (χ0v) is 9.52. The molecule has 2 N–H and O–H groups in total. The van der Waals surface area contributed by atoms with Gasteiger partial charge in [0.25, 0.3) is 0 Å². The van der Waals surface area contributed by atoms with Crippen LogP contribution in [0.25, 0.3) is 0 Å². The monoisotopic (exact) mass is 207 g/mol. The van der Waals surface area contributed by atoms with Crippen molar-refractivity contribution in [1.82, 2.24) is 9.78 Å². The Labute approximate surface area is 91.7 Å². The lowest BCUT2D eigenvalue weighted by Gasteiger charge is -2.27. The molecule has 0 radical (unpaired) electrons. The van der Waals surface area contributed by atoms with Gasteiger partial charge >= 0.3 is 0 Å². The van der Waals surface area contributed by atoms with Crippen LogP contribution in [0.2, 0.25) is 0 Å². The summed E-state index contributed by atoms with van der Waals surface area (Å²) < 4.78 is 2.03. The molecule has 1 aliphatic carbocycles. The molecule has 0 amide bonds. The summed E-state index contributed by atoms with van der Waals surface area (Å²) in [6.45, 7) is 2.96. The van der Waals surface area contributed by atoms with Crippen molar-refractivity contribution in [2.24, 2.45) is 11.7 Å². The maximum absolute atomic E-state index is 6.25. The highest BCUT2D eigenvalue weighted by Gasteiger charge is 2.21. The van der Waals surface area contributed by atoms with Crippen molar-refractivity contribution in [3.05, 3.63) is 18.0 Å². The van der Waals surface area contributed by atoms with Crippen LogP contribution in [0.15, 0.2) is 12.3 Å². The number of hydrogen-bond acceptors (Lipinski definition) is 2. The molecule has 2 rings (SSSR count). The Hall–Kier alpha value is -0.830. The van der Waals surface area contributed by atoms with Crippen LogP contribution in [-0.2, 0) is 6.54 Å². The average Bonchev–Trinajstić information content (AvgIpc) is 2.66. The minimum Gasteiger partial charge on any atom is -0.326 e. The third-order valence-corrected chi connectivity index (χ3v) is 3.57. The molecule has 1 aromatic rings. The summed E-state index contributed by atoms with van der Waals surface area (Å²) in [5.74, 6) is 0.711. The van der Waals surface area contributed by atoms with Crippen LogP contribution >= 0.6 is 0 Å². The molecule has 0 spiro atoms. The molecule has 3 heteroatoms. The first kappa shape index (κ1) is 10.7. The Morgan fingerprint density at radius 2 is 2.20 bits per heavy atom. The molecule has 0 saturated heterocycles. The topological polar surface area (TPSA) is 43.8 Å². The van der Waals surface area contributed by atoms with Gasteiger partial charge in [0.05, 0.1) is 6.54 Å².